The molecular formula is C13H10BrNO3. The van der Waals surface area contributed by atoms with Crippen molar-refractivity contribution < 1.29 is 14.6 Å². The Balaban J connectivity index is 2.08. The van der Waals surface area contributed by atoms with Gasteiger partial charge in [0, 0.05) is 0 Å². The van der Waals surface area contributed by atoms with Gasteiger partial charge in [-0.15, -0.1) is 0 Å². The van der Waals surface area contributed by atoms with E-state index >= 15 is 0 Å². The number of rotatable bonds is 4. The largest absolute Gasteiger partial charge is 0.486 e. The molecule has 1 aromatic heterocycles. The summed E-state index contributed by atoms with van der Waals surface area (Å²) in [5, 5.41) is 8.78. The van der Waals surface area contributed by atoms with Gasteiger partial charge in [-0.3, -0.25) is 0 Å². The van der Waals surface area contributed by atoms with Crippen LogP contribution in [-0.2, 0) is 6.61 Å². The standard InChI is InChI=1S/C13H10BrNO3/c14-12-11(7-6-10(15-12)13(16)17)18-8-9-4-2-1-3-5-9/h1-7H,8H2,(H,16,17). The van der Waals surface area contributed by atoms with Crippen LogP contribution < -0.4 is 4.74 Å². The molecule has 0 aliphatic rings. The van der Waals surface area contributed by atoms with Crippen LogP contribution in [0.2, 0.25) is 0 Å². The first-order valence-corrected chi connectivity index (χ1v) is 6.02. The highest BCUT2D eigenvalue weighted by molar-refractivity contribution is 9.10. The minimum atomic E-state index is -1.06. The second-order valence-electron chi connectivity index (χ2n) is 3.56. The van der Waals surface area contributed by atoms with Crippen LogP contribution in [0, 0.1) is 0 Å². The molecule has 0 amide bonds. The summed E-state index contributed by atoms with van der Waals surface area (Å²) in [4.78, 5) is 14.6. The molecule has 1 N–H and O–H groups in total. The zero-order chi connectivity index (χ0) is 13.0. The number of carbonyl (C=O) groups is 1. The van der Waals surface area contributed by atoms with Crippen molar-refractivity contribution >= 4 is 21.9 Å². The Kier molecular flexibility index (Phi) is 3.94. The summed E-state index contributed by atoms with van der Waals surface area (Å²) in [5.74, 6) is -0.547. The topological polar surface area (TPSA) is 59.4 Å². The van der Waals surface area contributed by atoms with E-state index in [1.54, 1.807) is 6.07 Å². The van der Waals surface area contributed by atoms with Crippen molar-refractivity contribution in [3.8, 4) is 5.75 Å². The third-order valence-corrected chi connectivity index (χ3v) is 2.84. The summed E-state index contributed by atoms with van der Waals surface area (Å²) >= 11 is 3.19. The van der Waals surface area contributed by atoms with Crippen molar-refractivity contribution in [3.05, 3.63) is 58.3 Å². The van der Waals surface area contributed by atoms with Gasteiger partial charge < -0.3 is 9.84 Å². The van der Waals surface area contributed by atoms with E-state index in [-0.39, 0.29) is 5.69 Å². The maximum absolute atomic E-state index is 10.7. The fraction of sp³-hybridized carbons (Fsp3) is 0.0769. The molecule has 1 aromatic carbocycles. The molecule has 0 aliphatic heterocycles. The minimum Gasteiger partial charge on any atom is -0.486 e. The van der Waals surface area contributed by atoms with Gasteiger partial charge in [0.15, 0.2) is 5.75 Å². The number of aromatic nitrogens is 1. The van der Waals surface area contributed by atoms with Crippen LogP contribution in [0.4, 0.5) is 0 Å². The van der Waals surface area contributed by atoms with Crippen LogP contribution >= 0.6 is 15.9 Å². The average molecular weight is 308 g/mol. The summed E-state index contributed by atoms with van der Waals surface area (Å²) in [7, 11) is 0. The van der Waals surface area contributed by atoms with Gasteiger partial charge in [0.05, 0.1) is 0 Å². The molecule has 0 fully saturated rings. The van der Waals surface area contributed by atoms with E-state index in [0.29, 0.717) is 17.0 Å². The van der Waals surface area contributed by atoms with E-state index in [1.807, 2.05) is 30.3 Å². The summed E-state index contributed by atoms with van der Waals surface area (Å²) in [6.07, 6.45) is 0. The van der Waals surface area contributed by atoms with Crippen molar-refractivity contribution in [2.45, 2.75) is 6.61 Å². The van der Waals surface area contributed by atoms with Crippen molar-refractivity contribution in [3.63, 3.8) is 0 Å². The van der Waals surface area contributed by atoms with Gasteiger partial charge in [0.1, 0.15) is 16.9 Å². The SMILES string of the molecule is O=C(O)c1ccc(OCc2ccccc2)c(Br)n1. The molecule has 1 heterocycles. The number of carboxylic acid groups (broad SMARTS) is 1. The van der Waals surface area contributed by atoms with E-state index in [0.717, 1.165) is 5.56 Å². The molecule has 2 aromatic rings. The molecule has 4 nitrogen and oxygen atoms in total. The Hall–Kier alpha value is -1.88. The fourth-order valence-electron chi connectivity index (χ4n) is 1.38. The molecule has 0 unspecified atom stereocenters. The van der Waals surface area contributed by atoms with Crippen molar-refractivity contribution in [1.29, 1.82) is 0 Å². The maximum Gasteiger partial charge on any atom is 0.354 e. The molecule has 18 heavy (non-hydrogen) atoms. The molecular weight excluding hydrogens is 298 g/mol. The van der Waals surface area contributed by atoms with Crippen LogP contribution in [0.1, 0.15) is 16.1 Å². The number of hydrogen-bond acceptors (Lipinski definition) is 3. The Morgan fingerprint density at radius 2 is 1.94 bits per heavy atom. The first kappa shape index (κ1) is 12.6. The van der Waals surface area contributed by atoms with E-state index < -0.39 is 5.97 Å². The third-order valence-electron chi connectivity index (χ3n) is 2.27. The highest BCUT2D eigenvalue weighted by atomic mass is 79.9. The van der Waals surface area contributed by atoms with Crippen molar-refractivity contribution in [2.75, 3.05) is 0 Å². The molecule has 2 rings (SSSR count). The quantitative estimate of drug-likeness (QED) is 0.882. The first-order valence-electron chi connectivity index (χ1n) is 5.23. The van der Waals surface area contributed by atoms with Crippen LogP contribution in [0.5, 0.6) is 5.75 Å². The van der Waals surface area contributed by atoms with E-state index in [1.165, 1.54) is 6.07 Å². The Morgan fingerprint density at radius 1 is 1.22 bits per heavy atom. The molecule has 5 heteroatoms. The lowest BCUT2D eigenvalue weighted by atomic mass is 10.2. The smallest absolute Gasteiger partial charge is 0.354 e. The van der Waals surface area contributed by atoms with Crippen molar-refractivity contribution in [2.24, 2.45) is 0 Å². The van der Waals surface area contributed by atoms with Crippen LogP contribution in [0.25, 0.3) is 0 Å². The van der Waals surface area contributed by atoms with Gasteiger partial charge in [-0.1, -0.05) is 30.3 Å². The Morgan fingerprint density at radius 3 is 2.56 bits per heavy atom. The van der Waals surface area contributed by atoms with Gasteiger partial charge >= 0.3 is 5.97 Å². The second-order valence-corrected chi connectivity index (χ2v) is 4.32. The van der Waals surface area contributed by atoms with Gasteiger partial charge in [-0.2, -0.15) is 0 Å². The number of halogens is 1. The molecule has 0 aliphatic carbocycles. The Bertz CT molecular complexity index is 557. The number of pyridine rings is 1. The molecule has 0 saturated carbocycles. The van der Waals surface area contributed by atoms with Crippen LogP contribution in [0.3, 0.4) is 0 Å². The van der Waals surface area contributed by atoms with Gasteiger partial charge in [-0.05, 0) is 33.6 Å². The third kappa shape index (κ3) is 3.07. The molecule has 92 valence electrons. The minimum absolute atomic E-state index is 0.0195. The van der Waals surface area contributed by atoms with E-state index in [9.17, 15) is 4.79 Å². The highest BCUT2D eigenvalue weighted by Crippen LogP contribution is 2.23. The lowest BCUT2D eigenvalue weighted by Gasteiger charge is -2.08. The number of aromatic carboxylic acids is 1. The summed E-state index contributed by atoms with van der Waals surface area (Å²) in [5.41, 5.74) is 1.01. The van der Waals surface area contributed by atoms with Crippen LogP contribution in [0.15, 0.2) is 47.1 Å². The lowest BCUT2D eigenvalue weighted by Crippen LogP contribution is -2.02. The second kappa shape index (κ2) is 5.64. The molecule has 0 bridgehead atoms. The lowest BCUT2D eigenvalue weighted by molar-refractivity contribution is 0.0690. The molecule has 0 atom stereocenters. The van der Waals surface area contributed by atoms with Gasteiger partial charge in [0.2, 0.25) is 0 Å². The summed E-state index contributed by atoms with van der Waals surface area (Å²) < 4.78 is 5.94. The molecule has 0 saturated heterocycles. The predicted octanol–water partition coefficient (Wildman–Crippen LogP) is 3.12. The normalized spacial score (nSPS) is 10.1. The number of hydrogen-bond donors (Lipinski definition) is 1. The van der Waals surface area contributed by atoms with Gasteiger partial charge in [0.25, 0.3) is 0 Å². The monoisotopic (exact) mass is 307 g/mol. The van der Waals surface area contributed by atoms with E-state index in [4.69, 9.17) is 9.84 Å². The first-order chi connectivity index (χ1) is 8.66. The maximum atomic E-state index is 10.7. The zero-order valence-corrected chi connectivity index (χ0v) is 10.9. The zero-order valence-electron chi connectivity index (χ0n) is 9.34. The number of nitrogens with zero attached hydrogens (tertiary/aromatic N) is 1. The van der Waals surface area contributed by atoms with Crippen molar-refractivity contribution in [1.82, 2.24) is 4.98 Å². The van der Waals surface area contributed by atoms with Crippen LogP contribution in [-0.4, -0.2) is 16.1 Å². The number of carboxylic acids is 1. The Labute approximate surface area is 112 Å². The highest BCUT2D eigenvalue weighted by Gasteiger charge is 2.09. The molecule has 0 spiro atoms. The number of ether oxygens (including phenoxy) is 1. The average Bonchev–Trinajstić information content (AvgIpc) is 2.38. The number of benzene rings is 1. The summed E-state index contributed by atoms with van der Waals surface area (Å²) in [6.45, 7) is 0.410. The predicted molar refractivity (Wildman–Crippen MR) is 69.7 cm³/mol. The molecule has 0 radical (unpaired) electrons. The fourth-order valence-corrected chi connectivity index (χ4v) is 1.82. The summed E-state index contributed by atoms with van der Waals surface area (Å²) in [6, 6.07) is 12.7. The van der Waals surface area contributed by atoms with Gasteiger partial charge in [-0.25, -0.2) is 9.78 Å². The van der Waals surface area contributed by atoms with E-state index in [2.05, 4.69) is 20.9 Å².